The van der Waals surface area contributed by atoms with Crippen molar-refractivity contribution in [1.29, 1.82) is 0 Å². The summed E-state index contributed by atoms with van der Waals surface area (Å²) in [7, 11) is 0. The number of nitrogens with one attached hydrogen (secondary N) is 2. The molecule has 76 valence electrons. The molecule has 0 spiro atoms. The summed E-state index contributed by atoms with van der Waals surface area (Å²) in [5.74, 6) is 0. The predicted octanol–water partition coefficient (Wildman–Crippen LogP) is 2.34. The molecule has 1 aromatic carbocycles. The van der Waals surface area contributed by atoms with Gasteiger partial charge in [0.15, 0.2) is 6.29 Å². The molecule has 1 aromatic heterocycles. The monoisotopic (exact) mass is 200 g/mol. The van der Waals surface area contributed by atoms with E-state index in [0.29, 0.717) is 0 Å². The molecule has 2 heterocycles. The van der Waals surface area contributed by atoms with Crippen LogP contribution in [-0.4, -0.2) is 17.8 Å². The van der Waals surface area contributed by atoms with Gasteiger partial charge in [-0.25, -0.2) is 0 Å². The van der Waals surface area contributed by atoms with Crippen LogP contribution in [0, 0.1) is 0 Å². The SMILES string of the molecule is O=Cc1c[nH]c2c3c(ccc12)CCCN3. The topological polar surface area (TPSA) is 44.9 Å². The van der Waals surface area contributed by atoms with Crippen LogP contribution in [0.5, 0.6) is 0 Å². The molecule has 0 bridgehead atoms. The van der Waals surface area contributed by atoms with Gasteiger partial charge in [0.05, 0.1) is 11.2 Å². The van der Waals surface area contributed by atoms with Gasteiger partial charge in [0, 0.05) is 23.7 Å². The second kappa shape index (κ2) is 3.12. The Kier molecular flexibility index (Phi) is 1.78. The molecular formula is C12H12N2O. The number of aldehydes is 1. The molecule has 0 fully saturated rings. The zero-order valence-electron chi connectivity index (χ0n) is 8.34. The van der Waals surface area contributed by atoms with Gasteiger partial charge in [-0.2, -0.15) is 0 Å². The number of H-pyrrole nitrogens is 1. The maximum atomic E-state index is 10.8. The molecule has 0 radical (unpaired) electrons. The molecule has 3 nitrogen and oxygen atoms in total. The van der Waals surface area contributed by atoms with Gasteiger partial charge >= 0.3 is 0 Å². The first-order valence-electron chi connectivity index (χ1n) is 5.22. The van der Waals surface area contributed by atoms with Crippen molar-refractivity contribution in [2.45, 2.75) is 12.8 Å². The van der Waals surface area contributed by atoms with Crippen molar-refractivity contribution in [2.75, 3.05) is 11.9 Å². The second-order valence-electron chi connectivity index (χ2n) is 3.91. The summed E-state index contributed by atoms with van der Waals surface area (Å²) in [6.45, 7) is 1.02. The van der Waals surface area contributed by atoms with E-state index in [2.05, 4.69) is 16.4 Å². The molecule has 2 aromatic rings. The zero-order valence-corrected chi connectivity index (χ0v) is 8.34. The maximum absolute atomic E-state index is 10.8. The van der Waals surface area contributed by atoms with Gasteiger partial charge < -0.3 is 10.3 Å². The molecule has 1 aliphatic heterocycles. The Labute approximate surface area is 87.5 Å². The fourth-order valence-corrected chi connectivity index (χ4v) is 2.26. The highest BCUT2D eigenvalue weighted by molar-refractivity contribution is 6.03. The van der Waals surface area contributed by atoms with Crippen LogP contribution < -0.4 is 5.32 Å². The first-order chi connectivity index (χ1) is 7.40. The lowest BCUT2D eigenvalue weighted by Crippen LogP contribution is -2.11. The average molecular weight is 200 g/mol. The number of aryl methyl sites for hydroxylation is 1. The first-order valence-corrected chi connectivity index (χ1v) is 5.22. The molecule has 0 saturated heterocycles. The second-order valence-corrected chi connectivity index (χ2v) is 3.91. The number of aromatic nitrogens is 1. The molecule has 0 unspecified atom stereocenters. The number of hydrogen-bond donors (Lipinski definition) is 2. The molecule has 15 heavy (non-hydrogen) atoms. The summed E-state index contributed by atoms with van der Waals surface area (Å²) in [6, 6.07) is 4.14. The summed E-state index contributed by atoms with van der Waals surface area (Å²) in [4.78, 5) is 14.0. The van der Waals surface area contributed by atoms with E-state index in [1.54, 1.807) is 6.20 Å². The number of carbonyl (C=O) groups is 1. The Morgan fingerprint density at radius 1 is 1.33 bits per heavy atom. The lowest BCUT2D eigenvalue weighted by atomic mass is 10.0. The normalized spacial score (nSPS) is 14.7. The van der Waals surface area contributed by atoms with Gasteiger partial charge in [-0.15, -0.1) is 0 Å². The van der Waals surface area contributed by atoms with Crippen molar-refractivity contribution in [2.24, 2.45) is 0 Å². The highest BCUT2D eigenvalue weighted by Crippen LogP contribution is 2.31. The number of aromatic amines is 1. The van der Waals surface area contributed by atoms with Crippen LogP contribution in [0.2, 0.25) is 0 Å². The van der Waals surface area contributed by atoms with Gasteiger partial charge in [0.1, 0.15) is 0 Å². The Morgan fingerprint density at radius 2 is 2.27 bits per heavy atom. The summed E-state index contributed by atoms with van der Waals surface area (Å²) in [5, 5.41) is 4.41. The fraction of sp³-hybridized carbons (Fsp3) is 0.250. The minimum Gasteiger partial charge on any atom is -0.383 e. The first kappa shape index (κ1) is 8.53. The number of hydrogen-bond acceptors (Lipinski definition) is 2. The van der Waals surface area contributed by atoms with Gasteiger partial charge in [0.25, 0.3) is 0 Å². The van der Waals surface area contributed by atoms with Crippen molar-refractivity contribution in [3.63, 3.8) is 0 Å². The van der Waals surface area contributed by atoms with E-state index < -0.39 is 0 Å². The number of carbonyl (C=O) groups excluding carboxylic acids is 1. The molecular weight excluding hydrogens is 188 g/mol. The van der Waals surface area contributed by atoms with Crippen LogP contribution >= 0.6 is 0 Å². The van der Waals surface area contributed by atoms with Crippen LogP contribution in [0.4, 0.5) is 5.69 Å². The van der Waals surface area contributed by atoms with Gasteiger partial charge in [-0.1, -0.05) is 12.1 Å². The van der Waals surface area contributed by atoms with Gasteiger partial charge in [-0.3, -0.25) is 4.79 Å². The summed E-state index contributed by atoms with van der Waals surface area (Å²) in [6.07, 6.45) is 4.97. The average Bonchev–Trinajstić information content (AvgIpc) is 2.72. The smallest absolute Gasteiger partial charge is 0.152 e. The Morgan fingerprint density at radius 3 is 3.13 bits per heavy atom. The third kappa shape index (κ3) is 1.16. The van der Waals surface area contributed by atoms with Crippen LogP contribution in [-0.2, 0) is 6.42 Å². The summed E-state index contributed by atoms with van der Waals surface area (Å²) >= 11 is 0. The minimum absolute atomic E-state index is 0.736. The molecule has 0 amide bonds. The quantitative estimate of drug-likeness (QED) is 0.694. The van der Waals surface area contributed by atoms with Crippen molar-refractivity contribution < 1.29 is 4.79 Å². The van der Waals surface area contributed by atoms with Crippen LogP contribution in [0.3, 0.4) is 0 Å². The fourth-order valence-electron chi connectivity index (χ4n) is 2.26. The van der Waals surface area contributed by atoms with E-state index >= 15 is 0 Å². The van der Waals surface area contributed by atoms with E-state index in [9.17, 15) is 4.79 Å². The van der Waals surface area contributed by atoms with Crippen molar-refractivity contribution in [3.05, 3.63) is 29.5 Å². The summed E-state index contributed by atoms with van der Waals surface area (Å²) < 4.78 is 0. The predicted molar refractivity (Wildman–Crippen MR) is 60.5 cm³/mol. The largest absolute Gasteiger partial charge is 0.383 e. The van der Waals surface area contributed by atoms with Crippen molar-refractivity contribution in [3.8, 4) is 0 Å². The molecule has 0 saturated carbocycles. The van der Waals surface area contributed by atoms with E-state index in [-0.39, 0.29) is 0 Å². The van der Waals surface area contributed by atoms with E-state index in [4.69, 9.17) is 0 Å². The Balaban J connectivity index is 2.32. The highest BCUT2D eigenvalue weighted by atomic mass is 16.1. The number of benzene rings is 1. The third-order valence-corrected chi connectivity index (χ3v) is 3.03. The third-order valence-electron chi connectivity index (χ3n) is 3.03. The summed E-state index contributed by atoms with van der Waals surface area (Å²) in [5.41, 5.74) is 4.31. The van der Waals surface area contributed by atoms with Crippen LogP contribution in [0.25, 0.3) is 10.9 Å². The molecule has 1 aliphatic rings. The van der Waals surface area contributed by atoms with E-state index in [1.807, 2.05) is 6.07 Å². The molecule has 0 aliphatic carbocycles. The molecule has 0 atom stereocenters. The number of fused-ring (bicyclic) bond motifs is 3. The number of rotatable bonds is 1. The lowest BCUT2D eigenvalue weighted by molar-refractivity contribution is 0.112. The zero-order chi connectivity index (χ0) is 10.3. The molecule has 2 N–H and O–H groups in total. The minimum atomic E-state index is 0.736. The Bertz CT molecular complexity index is 528. The maximum Gasteiger partial charge on any atom is 0.152 e. The lowest BCUT2D eigenvalue weighted by Gasteiger charge is -2.18. The van der Waals surface area contributed by atoms with Crippen LogP contribution in [0.1, 0.15) is 22.3 Å². The van der Waals surface area contributed by atoms with Crippen molar-refractivity contribution in [1.82, 2.24) is 4.98 Å². The van der Waals surface area contributed by atoms with Gasteiger partial charge in [-0.05, 0) is 18.4 Å². The Hall–Kier alpha value is -1.77. The standard InChI is InChI=1S/C12H12N2O/c15-7-9-6-14-12-10(9)4-3-8-2-1-5-13-11(8)12/h3-4,6-7,13-14H,1-2,5H2. The van der Waals surface area contributed by atoms with E-state index in [1.165, 1.54) is 17.7 Å². The molecule has 3 heteroatoms. The van der Waals surface area contributed by atoms with Crippen molar-refractivity contribution >= 4 is 22.9 Å². The van der Waals surface area contributed by atoms with Crippen LogP contribution in [0.15, 0.2) is 18.3 Å². The highest BCUT2D eigenvalue weighted by Gasteiger charge is 2.14. The molecule has 3 rings (SSSR count). The number of anilines is 1. The van der Waals surface area contributed by atoms with E-state index in [0.717, 1.165) is 35.7 Å². The van der Waals surface area contributed by atoms with Gasteiger partial charge in [0.2, 0.25) is 0 Å².